The van der Waals surface area contributed by atoms with E-state index in [1.54, 1.807) is 37.3 Å². The lowest BCUT2D eigenvalue weighted by Gasteiger charge is -2.13. The lowest BCUT2D eigenvalue weighted by molar-refractivity contribution is -0.131. The van der Waals surface area contributed by atoms with Crippen LogP contribution in [0.4, 0.5) is 8.78 Å². The quantitative estimate of drug-likeness (QED) is 0.592. The number of halogens is 2. The number of esters is 1. The molecule has 0 spiro atoms. The van der Waals surface area contributed by atoms with Gasteiger partial charge >= 0.3 is 5.97 Å². The molecule has 0 aliphatic carbocycles. The SMILES string of the molecule is CC(=O)Oc1cc(C(F)F)nc2cc(C)c(Oc3ccc4c(c3)OCO4)cc12. The normalized spacial score (nSPS) is 12.5. The molecule has 8 heteroatoms. The summed E-state index contributed by atoms with van der Waals surface area (Å²) in [5, 5.41) is 0.390. The fourth-order valence-electron chi connectivity index (χ4n) is 2.87. The molecule has 0 N–H and O–H groups in total. The molecule has 1 aromatic heterocycles. The van der Waals surface area contributed by atoms with Crippen molar-refractivity contribution in [3.63, 3.8) is 0 Å². The van der Waals surface area contributed by atoms with Crippen LogP contribution in [0, 0.1) is 6.92 Å². The first-order valence-corrected chi connectivity index (χ1v) is 8.40. The predicted octanol–water partition coefficient (Wildman–Crippen LogP) is 4.93. The Hall–Kier alpha value is -3.42. The third-order valence-electron chi connectivity index (χ3n) is 4.14. The van der Waals surface area contributed by atoms with E-state index in [-0.39, 0.29) is 18.1 Å². The molecule has 0 fully saturated rings. The van der Waals surface area contributed by atoms with Crippen LogP contribution in [0.1, 0.15) is 24.6 Å². The molecule has 3 aromatic rings. The fraction of sp³-hybridized carbons (Fsp3) is 0.200. The molecule has 0 saturated carbocycles. The summed E-state index contributed by atoms with van der Waals surface area (Å²) in [7, 11) is 0. The minimum Gasteiger partial charge on any atom is -0.457 e. The van der Waals surface area contributed by atoms with Crippen molar-refractivity contribution in [2.24, 2.45) is 0 Å². The maximum Gasteiger partial charge on any atom is 0.308 e. The van der Waals surface area contributed by atoms with Crippen LogP contribution in [0.2, 0.25) is 0 Å². The van der Waals surface area contributed by atoms with E-state index >= 15 is 0 Å². The van der Waals surface area contributed by atoms with Crippen LogP contribution in [-0.4, -0.2) is 17.7 Å². The average molecular weight is 387 g/mol. The van der Waals surface area contributed by atoms with Crippen LogP contribution < -0.4 is 18.9 Å². The first-order chi connectivity index (χ1) is 13.4. The summed E-state index contributed by atoms with van der Waals surface area (Å²) in [6.07, 6.45) is -2.79. The van der Waals surface area contributed by atoms with E-state index < -0.39 is 18.1 Å². The Morgan fingerprint density at radius 3 is 2.64 bits per heavy atom. The average Bonchev–Trinajstić information content (AvgIpc) is 3.09. The van der Waals surface area contributed by atoms with Crippen molar-refractivity contribution in [3.05, 3.63) is 47.7 Å². The summed E-state index contributed by atoms with van der Waals surface area (Å²) >= 11 is 0. The molecule has 144 valence electrons. The van der Waals surface area contributed by atoms with Crippen molar-refractivity contribution in [2.45, 2.75) is 20.3 Å². The summed E-state index contributed by atoms with van der Waals surface area (Å²) in [5.41, 5.74) is 0.495. The summed E-state index contributed by atoms with van der Waals surface area (Å²) in [6.45, 7) is 3.12. The number of rotatable bonds is 4. The predicted molar refractivity (Wildman–Crippen MR) is 95.4 cm³/mol. The van der Waals surface area contributed by atoms with E-state index in [1.165, 1.54) is 6.92 Å². The van der Waals surface area contributed by atoms with Gasteiger partial charge in [0.2, 0.25) is 6.79 Å². The minimum absolute atomic E-state index is 0.00309. The van der Waals surface area contributed by atoms with Gasteiger partial charge < -0.3 is 18.9 Å². The van der Waals surface area contributed by atoms with Crippen LogP contribution in [0.25, 0.3) is 10.9 Å². The van der Waals surface area contributed by atoms with E-state index in [1.807, 2.05) is 0 Å². The second-order valence-corrected chi connectivity index (χ2v) is 6.19. The zero-order valence-electron chi connectivity index (χ0n) is 15.0. The van der Waals surface area contributed by atoms with E-state index in [2.05, 4.69) is 4.98 Å². The number of carbonyl (C=O) groups excluding carboxylic acids is 1. The molecule has 1 aliphatic rings. The van der Waals surface area contributed by atoms with Gasteiger partial charge in [-0.25, -0.2) is 13.8 Å². The highest BCUT2D eigenvalue weighted by Crippen LogP contribution is 2.39. The lowest BCUT2D eigenvalue weighted by atomic mass is 10.1. The Labute approximate surface area is 158 Å². The van der Waals surface area contributed by atoms with Gasteiger partial charge in [0.15, 0.2) is 11.5 Å². The molecule has 2 heterocycles. The van der Waals surface area contributed by atoms with Gasteiger partial charge in [-0.15, -0.1) is 0 Å². The highest BCUT2D eigenvalue weighted by Gasteiger charge is 2.18. The minimum atomic E-state index is -2.79. The summed E-state index contributed by atoms with van der Waals surface area (Å²) in [4.78, 5) is 15.4. The molecule has 0 amide bonds. The Balaban J connectivity index is 1.78. The van der Waals surface area contributed by atoms with Crippen molar-refractivity contribution in [2.75, 3.05) is 6.79 Å². The molecule has 0 unspecified atom stereocenters. The molecule has 0 radical (unpaired) electrons. The van der Waals surface area contributed by atoms with Crippen molar-refractivity contribution < 1.29 is 32.5 Å². The number of alkyl halides is 2. The van der Waals surface area contributed by atoms with Gasteiger partial charge in [0.1, 0.15) is 22.9 Å². The molecule has 28 heavy (non-hydrogen) atoms. The van der Waals surface area contributed by atoms with E-state index in [9.17, 15) is 13.6 Å². The molecule has 2 aromatic carbocycles. The van der Waals surface area contributed by atoms with Gasteiger partial charge in [0, 0.05) is 24.4 Å². The smallest absolute Gasteiger partial charge is 0.308 e. The van der Waals surface area contributed by atoms with Gasteiger partial charge in [0.25, 0.3) is 6.43 Å². The zero-order chi connectivity index (χ0) is 19.8. The first-order valence-electron chi connectivity index (χ1n) is 8.40. The number of aromatic nitrogens is 1. The van der Waals surface area contributed by atoms with Crippen LogP contribution >= 0.6 is 0 Å². The molecule has 6 nitrogen and oxygen atoms in total. The standard InChI is InChI=1S/C20H15F2NO5/c1-10-5-14-13(18(27-11(2)24)8-15(23-14)20(21)22)7-17(10)28-12-3-4-16-19(6-12)26-9-25-16/h3-8,20H,9H2,1-2H3. The maximum atomic E-state index is 13.1. The zero-order valence-corrected chi connectivity index (χ0v) is 15.0. The number of hydrogen-bond donors (Lipinski definition) is 0. The highest BCUT2D eigenvalue weighted by atomic mass is 19.3. The number of fused-ring (bicyclic) bond motifs is 2. The maximum absolute atomic E-state index is 13.1. The second-order valence-electron chi connectivity index (χ2n) is 6.19. The number of carbonyl (C=O) groups is 1. The second kappa shape index (κ2) is 6.95. The van der Waals surface area contributed by atoms with Crippen LogP contribution in [0.15, 0.2) is 36.4 Å². The van der Waals surface area contributed by atoms with Crippen molar-refractivity contribution in [3.8, 4) is 28.7 Å². The number of benzene rings is 2. The Bertz CT molecular complexity index is 1080. The molecule has 4 rings (SSSR count). The van der Waals surface area contributed by atoms with Crippen LogP contribution in [0.3, 0.4) is 0 Å². The summed E-state index contributed by atoms with van der Waals surface area (Å²) in [5.74, 6) is 1.56. The molecular weight excluding hydrogens is 372 g/mol. The van der Waals surface area contributed by atoms with Crippen molar-refractivity contribution in [1.82, 2.24) is 4.98 Å². The van der Waals surface area contributed by atoms with E-state index in [0.717, 1.165) is 6.07 Å². The van der Waals surface area contributed by atoms with Gasteiger partial charge in [0.05, 0.1) is 5.52 Å². The number of pyridine rings is 1. The number of nitrogens with zero attached hydrogens (tertiary/aromatic N) is 1. The number of hydrogen-bond acceptors (Lipinski definition) is 6. The highest BCUT2D eigenvalue weighted by molar-refractivity contribution is 5.89. The lowest BCUT2D eigenvalue weighted by Crippen LogP contribution is -2.04. The van der Waals surface area contributed by atoms with Gasteiger partial charge in [-0.3, -0.25) is 4.79 Å². The van der Waals surface area contributed by atoms with E-state index in [0.29, 0.717) is 33.9 Å². The molecule has 1 aliphatic heterocycles. The Morgan fingerprint density at radius 1 is 1.11 bits per heavy atom. The number of ether oxygens (including phenoxy) is 4. The topological polar surface area (TPSA) is 66.9 Å². The monoisotopic (exact) mass is 387 g/mol. The third-order valence-corrected chi connectivity index (χ3v) is 4.14. The van der Waals surface area contributed by atoms with Gasteiger partial charge in [-0.05, 0) is 36.8 Å². The fourth-order valence-corrected chi connectivity index (χ4v) is 2.87. The molecular formula is C20H15F2NO5. The Morgan fingerprint density at radius 2 is 1.89 bits per heavy atom. The van der Waals surface area contributed by atoms with Crippen molar-refractivity contribution >= 4 is 16.9 Å². The van der Waals surface area contributed by atoms with Gasteiger partial charge in [-0.2, -0.15) is 0 Å². The van der Waals surface area contributed by atoms with Crippen LogP contribution in [-0.2, 0) is 4.79 Å². The van der Waals surface area contributed by atoms with E-state index in [4.69, 9.17) is 18.9 Å². The molecule has 0 atom stereocenters. The molecule has 0 bridgehead atoms. The number of aryl methyl sites for hydroxylation is 1. The van der Waals surface area contributed by atoms with Crippen molar-refractivity contribution in [1.29, 1.82) is 0 Å². The Kier molecular flexibility index (Phi) is 4.46. The summed E-state index contributed by atoms with van der Waals surface area (Å²) in [6, 6.07) is 9.43. The third kappa shape index (κ3) is 3.40. The van der Waals surface area contributed by atoms with Gasteiger partial charge in [-0.1, -0.05) is 0 Å². The summed E-state index contributed by atoms with van der Waals surface area (Å²) < 4.78 is 47.9. The van der Waals surface area contributed by atoms with Crippen LogP contribution in [0.5, 0.6) is 28.7 Å². The largest absolute Gasteiger partial charge is 0.457 e. The first kappa shape index (κ1) is 18.0. The molecule has 0 saturated heterocycles.